The van der Waals surface area contributed by atoms with Gasteiger partial charge in [-0.2, -0.15) is 20.2 Å². The third kappa shape index (κ3) is 2.77. The van der Waals surface area contributed by atoms with Crippen LogP contribution in [0.25, 0.3) is 0 Å². The first kappa shape index (κ1) is 15.8. The van der Waals surface area contributed by atoms with Gasteiger partial charge in [-0.15, -0.1) is 0 Å². The van der Waals surface area contributed by atoms with E-state index < -0.39 is 28.3 Å². The maximum atomic E-state index is 12.3. The van der Waals surface area contributed by atoms with Crippen molar-refractivity contribution in [2.75, 3.05) is 31.1 Å². The first-order chi connectivity index (χ1) is 10.4. The van der Waals surface area contributed by atoms with Gasteiger partial charge in [0.05, 0.1) is 12.1 Å². The number of nitrogens with one attached hydrogen (secondary N) is 2. The van der Waals surface area contributed by atoms with Gasteiger partial charge in [-0.3, -0.25) is 9.35 Å². The molecule has 3 atom stereocenters. The van der Waals surface area contributed by atoms with Crippen molar-refractivity contribution in [1.29, 1.82) is 0 Å². The van der Waals surface area contributed by atoms with E-state index in [1.54, 1.807) is 11.8 Å². The second-order valence-corrected chi connectivity index (χ2v) is 7.97. The minimum Gasteiger partial charge on any atom is -0.333 e. The highest BCUT2D eigenvalue weighted by Crippen LogP contribution is 2.35. The molecule has 3 saturated heterocycles. The average molecular weight is 350 g/mol. The van der Waals surface area contributed by atoms with Crippen LogP contribution in [0.4, 0.5) is 4.79 Å². The van der Waals surface area contributed by atoms with Gasteiger partial charge in [-0.05, 0) is 6.42 Å². The Morgan fingerprint density at radius 2 is 2.23 bits per heavy atom. The van der Waals surface area contributed by atoms with Gasteiger partial charge in [-0.1, -0.05) is 0 Å². The van der Waals surface area contributed by atoms with Crippen molar-refractivity contribution < 1.29 is 22.6 Å². The second kappa shape index (κ2) is 5.87. The lowest BCUT2D eigenvalue weighted by Crippen LogP contribution is -2.69. The fourth-order valence-corrected chi connectivity index (χ4v) is 4.94. The number of thioether (sulfide) groups is 1. The van der Waals surface area contributed by atoms with Crippen LogP contribution in [0.5, 0.6) is 0 Å². The van der Waals surface area contributed by atoms with Crippen molar-refractivity contribution in [2.24, 2.45) is 0 Å². The number of hydrogen-bond donors (Lipinski definition) is 3. The fourth-order valence-electron chi connectivity index (χ4n) is 3.10. The summed E-state index contributed by atoms with van der Waals surface area (Å²) in [5.41, 5.74) is 0. The highest BCUT2D eigenvalue weighted by atomic mass is 32.2. The molecular weight excluding hydrogens is 332 g/mol. The maximum absolute atomic E-state index is 12.3. The lowest BCUT2D eigenvalue weighted by molar-refractivity contribution is -0.143. The monoisotopic (exact) mass is 350 g/mol. The number of nitrogens with zero attached hydrogens (tertiary/aromatic N) is 2. The molecule has 124 valence electrons. The van der Waals surface area contributed by atoms with Gasteiger partial charge in [0, 0.05) is 31.1 Å². The number of amides is 3. The Bertz CT molecular complexity index is 575. The van der Waals surface area contributed by atoms with E-state index in [2.05, 4.69) is 10.6 Å². The number of likely N-dealkylation sites (tertiary alicyclic amines) is 1. The fraction of sp³-hybridized carbons (Fsp3) is 0.818. The molecule has 9 nitrogen and oxygen atoms in total. The summed E-state index contributed by atoms with van der Waals surface area (Å²) in [5, 5.41) is 6.10. The Morgan fingerprint density at radius 1 is 1.45 bits per heavy atom. The SMILES string of the molecule is O=C(N[C@@H]1CNCCSC1)N1CCC2[C@H]1C(=O)N2S(=O)(=O)O. The standard InChI is InChI=1S/C11H18N4O5S2/c16-10-9-8(15(10)22(18,19)20)1-3-14(9)11(17)13-7-5-12-2-4-21-6-7/h7-9,12H,1-6H2,(H,13,17)(H,18,19,20)/t7-,8?,9+/m1/s1. The predicted octanol–water partition coefficient (Wildman–Crippen LogP) is -1.51. The van der Waals surface area contributed by atoms with E-state index in [1.165, 1.54) is 4.90 Å². The Kier molecular flexibility index (Phi) is 4.23. The van der Waals surface area contributed by atoms with E-state index in [4.69, 9.17) is 4.55 Å². The quantitative estimate of drug-likeness (QED) is 0.409. The molecule has 0 radical (unpaired) electrons. The van der Waals surface area contributed by atoms with Crippen molar-refractivity contribution in [3.05, 3.63) is 0 Å². The highest BCUT2D eigenvalue weighted by molar-refractivity contribution is 7.99. The molecule has 3 amide bonds. The van der Waals surface area contributed by atoms with E-state index in [-0.39, 0.29) is 12.1 Å². The Morgan fingerprint density at radius 3 is 2.95 bits per heavy atom. The molecular formula is C11H18N4O5S2. The van der Waals surface area contributed by atoms with Crippen molar-refractivity contribution in [2.45, 2.75) is 24.5 Å². The van der Waals surface area contributed by atoms with Crippen LogP contribution < -0.4 is 10.6 Å². The molecule has 0 aliphatic carbocycles. The summed E-state index contributed by atoms with van der Waals surface area (Å²) in [4.78, 5) is 25.6. The summed E-state index contributed by atoms with van der Waals surface area (Å²) in [5.74, 6) is 1.04. The van der Waals surface area contributed by atoms with Crippen LogP contribution in [-0.4, -0.2) is 83.4 Å². The van der Waals surface area contributed by atoms with Gasteiger partial charge < -0.3 is 15.5 Å². The maximum Gasteiger partial charge on any atom is 0.362 e. The lowest BCUT2D eigenvalue weighted by atomic mass is 10.0. The number of rotatable bonds is 2. The van der Waals surface area contributed by atoms with E-state index in [1.807, 2.05) is 0 Å². The molecule has 0 spiro atoms. The van der Waals surface area contributed by atoms with Gasteiger partial charge in [0.1, 0.15) is 6.04 Å². The van der Waals surface area contributed by atoms with Crippen molar-refractivity contribution in [3.8, 4) is 0 Å². The van der Waals surface area contributed by atoms with Crippen molar-refractivity contribution >= 4 is 34.0 Å². The normalized spacial score (nSPS) is 32.2. The minimum atomic E-state index is -4.54. The first-order valence-corrected chi connectivity index (χ1v) is 9.61. The summed E-state index contributed by atoms with van der Waals surface area (Å²) < 4.78 is 31.7. The summed E-state index contributed by atoms with van der Waals surface area (Å²) in [7, 11) is -4.54. The van der Waals surface area contributed by atoms with Gasteiger partial charge in [-0.25, -0.2) is 9.10 Å². The minimum absolute atomic E-state index is 0.0214. The molecule has 3 fully saturated rings. The van der Waals surface area contributed by atoms with Crippen LogP contribution in [0.3, 0.4) is 0 Å². The van der Waals surface area contributed by atoms with Crippen LogP contribution in [0.1, 0.15) is 6.42 Å². The number of urea groups is 1. The second-order valence-electron chi connectivity index (χ2n) is 5.53. The topological polar surface area (TPSA) is 119 Å². The summed E-state index contributed by atoms with van der Waals surface area (Å²) in [6, 6.07) is -1.81. The third-order valence-corrected chi connectivity index (χ3v) is 6.19. The number of fused-ring (bicyclic) bond motifs is 1. The van der Waals surface area contributed by atoms with Gasteiger partial charge >= 0.3 is 16.3 Å². The van der Waals surface area contributed by atoms with Crippen molar-refractivity contribution in [1.82, 2.24) is 19.8 Å². The number of carbonyl (C=O) groups is 2. The molecule has 0 aromatic rings. The van der Waals surface area contributed by atoms with Gasteiger partial charge in [0.25, 0.3) is 5.91 Å². The zero-order valence-electron chi connectivity index (χ0n) is 11.8. The van der Waals surface area contributed by atoms with Crippen molar-refractivity contribution in [3.63, 3.8) is 0 Å². The Balaban J connectivity index is 1.62. The molecule has 3 heterocycles. The van der Waals surface area contributed by atoms with E-state index >= 15 is 0 Å². The molecule has 3 rings (SSSR count). The summed E-state index contributed by atoms with van der Waals surface area (Å²) in [6.07, 6.45) is 0.348. The first-order valence-electron chi connectivity index (χ1n) is 7.06. The molecule has 3 aliphatic rings. The largest absolute Gasteiger partial charge is 0.362 e. The van der Waals surface area contributed by atoms with E-state index in [0.717, 1.165) is 18.1 Å². The molecule has 22 heavy (non-hydrogen) atoms. The van der Waals surface area contributed by atoms with Gasteiger partial charge in [0.2, 0.25) is 0 Å². The predicted molar refractivity (Wildman–Crippen MR) is 79.8 cm³/mol. The molecule has 11 heteroatoms. The molecule has 3 aliphatic heterocycles. The molecule has 0 aromatic heterocycles. The Hall–Kier alpha value is -1.04. The highest BCUT2D eigenvalue weighted by Gasteiger charge is 2.60. The lowest BCUT2D eigenvalue weighted by Gasteiger charge is -2.42. The summed E-state index contributed by atoms with van der Waals surface area (Å²) in [6.45, 7) is 1.87. The van der Waals surface area contributed by atoms with Crippen LogP contribution in [-0.2, 0) is 15.1 Å². The zero-order chi connectivity index (χ0) is 15.9. The van der Waals surface area contributed by atoms with E-state index in [0.29, 0.717) is 23.8 Å². The zero-order valence-corrected chi connectivity index (χ0v) is 13.4. The van der Waals surface area contributed by atoms with Crippen LogP contribution in [0.2, 0.25) is 0 Å². The van der Waals surface area contributed by atoms with Gasteiger partial charge in [0.15, 0.2) is 0 Å². The molecule has 0 saturated carbocycles. The smallest absolute Gasteiger partial charge is 0.333 e. The Labute approximate surface area is 132 Å². The van der Waals surface area contributed by atoms with Crippen LogP contribution in [0, 0.1) is 0 Å². The van der Waals surface area contributed by atoms with E-state index in [9.17, 15) is 18.0 Å². The number of carbonyl (C=O) groups excluding carboxylic acids is 2. The van der Waals surface area contributed by atoms with Crippen LogP contribution in [0.15, 0.2) is 0 Å². The average Bonchev–Trinajstić information content (AvgIpc) is 2.60. The molecule has 1 unspecified atom stereocenters. The summed E-state index contributed by atoms with van der Waals surface area (Å²) >= 11 is 1.74. The molecule has 0 aromatic carbocycles. The number of hydrogen-bond acceptors (Lipinski definition) is 6. The van der Waals surface area contributed by atoms with Crippen LogP contribution >= 0.6 is 11.8 Å². The third-order valence-electron chi connectivity index (χ3n) is 4.11. The molecule has 0 bridgehead atoms. The molecule has 3 N–H and O–H groups in total. The number of β-lactam (4-membered cyclic amide) rings is 1.